The molecule has 0 atom stereocenters. The van der Waals surface area contributed by atoms with E-state index in [9.17, 15) is 4.79 Å². The lowest BCUT2D eigenvalue weighted by Gasteiger charge is -2.09. The number of carbonyl (C=O) groups is 1. The third-order valence-electron chi connectivity index (χ3n) is 3.95. The standard InChI is InChI=1S/C22H19ClN2O3/c1-27-20-10-4-8-16(12-20)22(26)25-24-14-17-6-2-3-7-18(17)15-28-21-11-5-9-19(23)13-21/h2-14H,15H2,1H3,(H,25,26)/b24-14-. The maximum absolute atomic E-state index is 12.2. The van der Waals surface area contributed by atoms with Gasteiger partial charge in [0.2, 0.25) is 0 Å². The molecule has 6 heteroatoms. The minimum atomic E-state index is -0.317. The normalized spacial score (nSPS) is 10.6. The van der Waals surface area contributed by atoms with Crippen molar-refractivity contribution in [2.75, 3.05) is 7.11 Å². The molecule has 3 aromatic carbocycles. The molecular weight excluding hydrogens is 376 g/mol. The van der Waals surface area contributed by atoms with Crippen LogP contribution < -0.4 is 14.9 Å². The number of nitrogens with one attached hydrogen (secondary N) is 1. The van der Waals surface area contributed by atoms with E-state index in [0.29, 0.717) is 28.7 Å². The molecular formula is C22H19ClN2O3. The van der Waals surface area contributed by atoms with Crippen molar-refractivity contribution in [1.82, 2.24) is 5.43 Å². The number of carbonyl (C=O) groups excluding carboxylic acids is 1. The van der Waals surface area contributed by atoms with Crippen LogP contribution >= 0.6 is 11.6 Å². The molecule has 0 saturated carbocycles. The Labute approximate surface area is 168 Å². The molecule has 0 aliphatic carbocycles. The van der Waals surface area contributed by atoms with E-state index in [1.54, 1.807) is 49.7 Å². The Morgan fingerprint density at radius 2 is 1.82 bits per heavy atom. The summed E-state index contributed by atoms with van der Waals surface area (Å²) in [5.74, 6) is 0.980. The van der Waals surface area contributed by atoms with Gasteiger partial charge in [-0.1, -0.05) is 48.0 Å². The molecule has 3 aromatic rings. The van der Waals surface area contributed by atoms with E-state index in [2.05, 4.69) is 10.5 Å². The van der Waals surface area contributed by atoms with Gasteiger partial charge in [0.15, 0.2) is 0 Å². The van der Waals surface area contributed by atoms with E-state index in [-0.39, 0.29) is 5.91 Å². The maximum Gasteiger partial charge on any atom is 0.271 e. The summed E-state index contributed by atoms with van der Waals surface area (Å²) < 4.78 is 10.9. The Balaban J connectivity index is 1.64. The van der Waals surface area contributed by atoms with E-state index in [4.69, 9.17) is 21.1 Å². The molecule has 0 heterocycles. The fraction of sp³-hybridized carbons (Fsp3) is 0.0909. The third kappa shape index (κ3) is 5.34. The van der Waals surface area contributed by atoms with Crippen molar-refractivity contribution >= 4 is 23.7 Å². The number of rotatable bonds is 7. The van der Waals surface area contributed by atoms with E-state index in [1.807, 2.05) is 36.4 Å². The highest BCUT2D eigenvalue weighted by Gasteiger charge is 2.06. The van der Waals surface area contributed by atoms with Crippen LogP contribution in [-0.2, 0) is 6.61 Å². The zero-order chi connectivity index (χ0) is 19.8. The SMILES string of the molecule is COc1cccc(C(=O)N/N=C\c2ccccc2COc2cccc(Cl)c2)c1. The van der Waals surface area contributed by atoms with Crippen LogP contribution in [0.1, 0.15) is 21.5 Å². The van der Waals surface area contributed by atoms with E-state index >= 15 is 0 Å². The van der Waals surface area contributed by atoms with E-state index in [0.717, 1.165) is 11.1 Å². The zero-order valence-corrected chi connectivity index (χ0v) is 16.0. The zero-order valence-electron chi connectivity index (χ0n) is 15.3. The van der Waals surface area contributed by atoms with Gasteiger partial charge in [0, 0.05) is 16.1 Å². The van der Waals surface area contributed by atoms with Crippen molar-refractivity contribution in [2.24, 2.45) is 5.10 Å². The summed E-state index contributed by atoms with van der Waals surface area (Å²) in [5.41, 5.74) is 4.77. The van der Waals surface area contributed by atoms with Gasteiger partial charge in [-0.05, 0) is 42.0 Å². The van der Waals surface area contributed by atoms with Gasteiger partial charge < -0.3 is 9.47 Å². The summed E-state index contributed by atoms with van der Waals surface area (Å²) in [4.78, 5) is 12.2. The van der Waals surface area contributed by atoms with Crippen LogP contribution in [0.3, 0.4) is 0 Å². The molecule has 28 heavy (non-hydrogen) atoms. The first-order valence-electron chi connectivity index (χ1n) is 8.59. The number of nitrogens with zero attached hydrogens (tertiary/aromatic N) is 1. The summed E-state index contributed by atoms with van der Waals surface area (Å²) in [6.07, 6.45) is 1.59. The number of amides is 1. The van der Waals surface area contributed by atoms with Crippen molar-refractivity contribution < 1.29 is 14.3 Å². The molecule has 1 amide bonds. The average molecular weight is 395 g/mol. The van der Waals surface area contributed by atoms with Crippen LogP contribution in [0.15, 0.2) is 77.9 Å². The van der Waals surface area contributed by atoms with Gasteiger partial charge in [-0.25, -0.2) is 5.43 Å². The minimum Gasteiger partial charge on any atom is -0.497 e. The van der Waals surface area contributed by atoms with Crippen molar-refractivity contribution in [1.29, 1.82) is 0 Å². The van der Waals surface area contributed by atoms with E-state index < -0.39 is 0 Å². The average Bonchev–Trinajstić information content (AvgIpc) is 2.73. The van der Waals surface area contributed by atoms with Gasteiger partial charge in [-0.3, -0.25) is 4.79 Å². The topological polar surface area (TPSA) is 59.9 Å². The molecule has 142 valence electrons. The molecule has 3 rings (SSSR count). The second-order valence-corrected chi connectivity index (χ2v) is 6.31. The minimum absolute atomic E-state index is 0.317. The number of hydrogen-bond acceptors (Lipinski definition) is 4. The molecule has 0 bridgehead atoms. The first-order chi connectivity index (χ1) is 13.7. The Morgan fingerprint density at radius 1 is 1.04 bits per heavy atom. The number of hydrogen-bond donors (Lipinski definition) is 1. The Kier molecular flexibility index (Phi) is 6.65. The van der Waals surface area contributed by atoms with Crippen LogP contribution in [0.4, 0.5) is 0 Å². The van der Waals surface area contributed by atoms with Gasteiger partial charge in [0.1, 0.15) is 18.1 Å². The molecule has 0 saturated heterocycles. The van der Waals surface area contributed by atoms with Crippen molar-refractivity contribution in [3.05, 3.63) is 94.5 Å². The molecule has 0 fully saturated rings. The third-order valence-corrected chi connectivity index (χ3v) is 4.18. The summed E-state index contributed by atoms with van der Waals surface area (Å²) in [6, 6.07) is 21.8. The van der Waals surface area contributed by atoms with Gasteiger partial charge >= 0.3 is 0 Å². The van der Waals surface area contributed by atoms with Crippen LogP contribution in [0.2, 0.25) is 5.02 Å². The number of benzene rings is 3. The van der Waals surface area contributed by atoms with Crippen LogP contribution in [-0.4, -0.2) is 19.2 Å². The smallest absolute Gasteiger partial charge is 0.271 e. The summed E-state index contributed by atoms with van der Waals surface area (Å²) in [6.45, 7) is 0.354. The summed E-state index contributed by atoms with van der Waals surface area (Å²) >= 11 is 5.98. The highest BCUT2D eigenvalue weighted by Crippen LogP contribution is 2.19. The fourth-order valence-corrected chi connectivity index (χ4v) is 2.68. The van der Waals surface area contributed by atoms with Crippen molar-refractivity contribution in [2.45, 2.75) is 6.61 Å². The number of methoxy groups -OCH3 is 1. The predicted octanol–water partition coefficient (Wildman–Crippen LogP) is 4.69. The summed E-state index contributed by atoms with van der Waals surface area (Å²) in [7, 11) is 1.55. The van der Waals surface area contributed by atoms with Gasteiger partial charge in [0.25, 0.3) is 5.91 Å². The highest BCUT2D eigenvalue weighted by atomic mass is 35.5. The number of halogens is 1. The van der Waals surface area contributed by atoms with Gasteiger partial charge in [-0.15, -0.1) is 0 Å². The molecule has 0 unspecified atom stereocenters. The number of ether oxygens (including phenoxy) is 2. The molecule has 0 radical (unpaired) electrons. The second-order valence-electron chi connectivity index (χ2n) is 5.88. The monoisotopic (exact) mass is 394 g/mol. The quantitative estimate of drug-likeness (QED) is 0.467. The van der Waals surface area contributed by atoms with Gasteiger partial charge in [0.05, 0.1) is 13.3 Å². The molecule has 0 aliphatic heterocycles. The summed E-state index contributed by atoms with van der Waals surface area (Å²) in [5, 5.41) is 4.68. The highest BCUT2D eigenvalue weighted by molar-refractivity contribution is 6.30. The van der Waals surface area contributed by atoms with Crippen molar-refractivity contribution in [3.8, 4) is 11.5 Å². The fourth-order valence-electron chi connectivity index (χ4n) is 2.50. The van der Waals surface area contributed by atoms with Crippen LogP contribution in [0.25, 0.3) is 0 Å². The van der Waals surface area contributed by atoms with Gasteiger partial charge in [-0.2, -0.15) is 5.10 Å². The molecule has 1 N–H and O–H groups in total. The largest absolute Gasteiger partial charge is 0.497 e. The first kappa shape index (κ1) is 19.5. The maximum atomic E-state index is 12.2. The number of hydrazone groups is 1. The molecule has 5 nitrogen and oxygen atoms in total. The Bertz CT molecular complexity index is 989. The lowest BCUT2D eigenvalue weighted by molar-refractivity contribution is 0.0955. The Morgan fingerprint density at radius 3 is 2.64 bits per heavy atom. The lowest BCUT2D eigenvalue weighted by atomic mass is 10.1. The van der Waals surface area contributed by atoms with Crippen LogP contribution in [0, 0.1) is 0 Å². The Hall–Kier alpha value is -3.31. The van der Waals surface area contributed by atoms with Crippen LogP contribution in [0.5, 0.6) is 11.5 Å². The molecule has 0 aromatic heterocycles. The molecule has 0 aliphatic rings. The molecule has 0 spiro atoms. The first-order valence-corrected chi connectivity index (χ1v) is 8.97. The van der Waals surface area contributed by atoms with E-state index in [1.165, 1.54) is 0 Å². The lowest BCUT2D eigenvalue weighted by Crippen LogP contribution is -2.17. The second kappa shape index (κ2) is 9.58. The van der Waals surface area contributed by atoms with Crippen molar-refractivity contribution in [3.63, 3.8) is 0 Å². The predicted molar refractivity (Wildman–Crippen MR) is 110 cm³/mol.